The lowest BCUT2D eigenvalue weighted by atomic mass is 9.88. The summed E-state index contributed by atoms with van der Waals surface area (Å²) in [4.78, 5) is 20.4. The number of non-ortho nitro benzene ring substituents is 1. The zero-order valence-corrected chi connectivity index (χ0v) is 19.5. The van der Waals surface area contributed by atoms with Crippen molar-refractivity contribution in [3.05, 3.63) is 78.6 Å². The highest BCUT2D eigenvalue weighted by Gasteiger charge is 2.28. The highest BCUT2D eigenvalue weighted by Crippen LogP contribution is 2.36. The van der Waals surface area contributed by atoms with Crippen LogP contribution in [0.1, 0.15) is 35.8 Å². The standard InChI is InChI=1S/C18H18ClFN2O10S2/c19-16-8-17(20)15(7-18(16)22(25)26)13(10-34(30,31)32)2-1-12(9-33(27,28)29)11-3-5-14(6-4-11)21(23)24/h3-8,12-13H,1-2,9-10H2,(H,27,28,29)(H,30,31,32). The van der Waals surface area contributed by atoms with E-state index in [1.54, 1.807) is 0 Å². The van der Waals surface area contributed by atoms with E-state index in [9.17, 15) is 50.6 Å². The average Bonchev–Trinajstić information content (AvgIpc) is 2.68. The summed E-state index contributed by atoms with van der Waals surface area (Å²) in [5, 5.41) is 21.5. The van der Waals surface area contributed by atoms with Crippen LogP contribution in [0.25, 0.3) is 0 Å². The molecule has 0 saturated heterocycles. The molecule has 0 heterocycles. The summed E-state index contributed by atoms with van der Waals surface area (Å²) in [6.07, 6.45) is -0.500. The molecule has 12 nitrogen and oxygen atoms in total. The van der Waals surface area contributed by atoms with Gasteiger partial charge >= 0.3 is 0 Å². The third-order valence-electron chi connectivity index (χ3n) is 4.97. The summed E-state index contributed by atoms with van der Waals surface area (Å²) in [7, 11) is -9.27. The SMILES string of the molecule is O=[N+]([O-])c1ccc(C(CCC(CS(=O)(=O)O)c2cc([N+](=O)[O-])c(Cl)cc2F)CS(=O)(=O)O)cc1. The first kappa shape index (κ1) is 27.5. The minimum absolute atomic E-state index is 0.201. The molecular formula is C18H18ClFN2O10S2. The lowest BCUT2D eigenvalue weighted by Gasteiger charge is -2.21. The second kappa shape index (κ2) is 10.7. The molecule has 186 valence electrons. The topological polar surface area (TPSA) is 195 Å². The van der Waals surface area contributed by atoms with Crippen LogP contribution in [0.2, 0.25) is 5.02 Å². The van der Waals surface area contributed by atoms with E-state index in [2.05, 4.69) is 0 Å². The second-order valence-electron chi connectivity index (χ2n) is 7.40. The molecular weight excluding hydrogens is 523 g/mol. The van der Waals surface area contributed by atoms with Gasteiger partial charge in [-0.15, -0.1) is 0 Å². The van der Waals surface area contributed by atoms with E-state index in [0.29, 0.717) is 6.07 Å². The van der Waals surface area contributed by atoms with Gasteiger partial charge in [-0.05, 0) is 30.0 Å². The summed E-state index contributed by atoms with van der Waals surface area (Å²) in [5.74, 6) is -5.32. The van der Waals surface area contributed by atoms with Crippen LogP contribution in [-0.2, 0) is 20.2 Å². The van der Waals surface area contributed by atoms with E-state index in [1.807, 2.05) is 0 Å². The third-order valence-corrected chi connectivity index (χ3v) is 6.92. The number of rotatable bonds is 11. The molecule has 2 aromatic rings. The molecule has 0 radical (unpaired) electrons. The first-order valence-electron chi connectivity index (χ1n) is 9.35. The Hall–Kier alpha value is -2.72. The number of nitro groups is 2. The van der Waals surface area contributed by atoms with Crippen LogP contribution < -0.4 is 0 Å². The lowest BCUT2D eigenvalue weighted by Crippen LogP contribution is -2.19. The van der Waals surface area contributed by atoms with Gasteiger partial charge < -0.3 is 0 Å². The van der Waals surface area contributed by atoms with Gasteiger partial charge in [0.15, 0.2) is 0 Å². The molecule has 34 heavy (non-hydrogen) atoms. The smallest absolute Gasteiger partial charge is 0.286 e. The molecule has 0 spiro atoms. The second-order valence-corrected chi connectivity index (χ2v) is 10.8. The van der Waals surface area contributed by atoms with E-state index in [4.69, 9.17) is 11.6 Å². The van der Waals surface area contributed by atoms with Crippen LogP contribution in [-0.4, -0.2) is 47.3 Å². The fourth-order valence-electron chi connectivity index (χ4n) is 3.46. The van der Waals surface area contributed by atoms with Crippen molar-refractivity contribution in [3.63, 3.8) is 0 Å². The Balaban J connectivity index is 2.45. The van der Waals surface area contributed by atoms with E-state index in [1.165, 1.54) is 12.1 Å². The highest BCUT2D eigenvalue weighted by atomic mass is 35.5. The fraction of sp³-hybridized carbons (Fsp3) is 0.333. The molecule has 2 aromatic carbocycles. The number of hydrogen-bond donors (Lipinski definition) is 2. The van der Waals surface area contributed by atoms with Gasteiger partial charge in [0.1, 0.15) is 10.8 Å². The van der Waals surface area contributed by atoms with Crippen LogP contribution in [0.15, 0.2) is 36.4 Å². The maximum Gasteiger partial charge on any atom is 0.288 e. The third kappa shape index (κ3) is 7.95. The minimum Gasteiger partial charge on any atom is -0.286 e. The summed E-state index contributed by atoms with van der Waals surface area (Å²) < 4.78 is 79.3. The first-order valence-corrected chi connectivity index (χ1v) is 12.9. The quantitative estimate of drug-likeness (QED) is 0.241. The Bertz CT molecular complexity index is 1300. The fourth-order valence-corrected chi connectivity index (χ4v) is 5.40. The predicted molar refractivity (Wildman–Crippen MR) is 119 cm³/mol. The van der Waals surface area contributed by atoms with E-state index < -0.39 is 75.5 Å². The summed E-state index contributed by atoms with van der Waals surface area (Å²) in [6, 6.07) is 6.06. The zero-order valence-electron chi connectivity index (χ0n) is 17.1. The van der Waals surface area contributed by atoms with Crippen LogP contribution in [0, 0.1) is 26.0 Å². The van der Waals surface area contributed by atoms with Gasteiger partial charge in [0.2, 0.25) is 0 Å². The number of nitrogens with zero attached hydrogens (tertiary/aromatic N) is 2. The van der Waals surface area contributed by atoms with Crippen LogP contribution in [0.3, 0.4) is 0 Å². The van der Waals surface area contributed by atoms with Crippen molar-refractivity contribution in [2.24, 2.45) is 0 Å². The van der Waals surface area contributed by atoms with E-state index in [-0.39, 0.29) is 24.1 Å². The van der Waals surface area contributed by atoms with Gasteiger partial charge in [0.25, 0.3) is 31.6 Å². The summed E-state index contributed by atoms with van der Waals surface area (Å²) in [5.41, 5.74) is -1.18. The Morgan fingerprint density at radius 3 is 1.85 bits per heavy atom. The van der Waals surface area contributed by atoms with Gasteiger partial charge in [-0.1, -0.05) is 23.7 Å². The largest absolute Gasteiger partial charge is 0.288 e. The molecule has 0 aliphatic heterocycles. The molecule has 2 unspecified atom stereocenters. The normalized spacial score (nSPS) is 13.9. The zero-order chi connectivity index (χ0) is 25.8. The predicted octanol–water partition coefficient (Wildman–Crippen LogP) is 3.72. The van der Waals surface area contributed by atoms with Gasteiger partial charge in [-0.2, -0.15) is 16.8 Å². The van der Waals surface area contributed by atoms with Crippen molar-refractivity contribution < 1.29 is 40.2 Å². The summed E-state index contributed by atoms with van der Waals surface area (Å²) >= 11 is 5.66. The average molecular weight is 541 g/mol. The monoisotopic (exact) mass is 540 g/mol. The Morgan fingerprint density at radius 2 is 1.38 bits per heavy atom. The van der Waals surface area contributed by atoms with Crippen LogP contribution in [0.4, 0.5) is 15.8 Å². The molecule has 2 rings (SSSR count). The molecule has 0 aliphatic carbocycles. The lowest BCUT2D eigenvalue weighted by molar-refractivity contribution is -0.385. The first-order chi connectivity index (χ1) is 15.6. The molecule has 0 saturated carbocycles. The Morgan fingerprint density at radius 1 is 0.882 bits per heavy atom. The minimum atomic E-state index is -4.71. The van der Waals surface area contributed by atoms with Crippen molar-refractivity contribution in [2.75, 3.05) is 11.5 Å². The number of nitro benzene ring substituents is 2. The molecule has 2 N–H and O–H groups in total. The van der Waals surface area contributed by atoms with Crippen molar-refractivity contribution >= 4 is 43.2 Å². The maximum atomic E-state index is 14.6. The number of halogens is 2. The molecule has 16 heteroatoms. The van der Waals surface area contributed by atoms with Crippen molar-refractivity contribution in [1.29, 1.82) is 0 Å². The van der Waals surface area contributed by atoms with Crippen molar-refractivity contribution in [3.8, 4) is 0 Å². The number of hydrogen-bond acceptors (Lipinski definition) is 8. The van der Waals surface area contributed by atoms with Crippen LogP contribution in [0.5, 0.6) is 0 Å². The molecule has 0 fully saturated rings. The Labute approximate surface area is 198 Å². The van der Waals surface area contributed by atoms with E-state index >= 15 is 0 Å². The Kier molecular flexibility index (Phi) is 8.65. The maximum absolute atomic E-state index is 14.6. The van der Waals surface area contributed by atoms with E-state index in [0.717, 1.165) is 18.2 Å². The molecule has 2 atom stereocenters. The molecule has 0 aliphatic rings. The van der Waals surface area contributed by atoms with Gasteiger partial charge in [0, 0.05) is 30.0 Å². The molecule has 0 aromatic heterocycles. The van der Waals surface area contributed by atoms with Crippen molar-refractivity contribution in [1.82, 2.24) is 0 Å². The van der Waals surface area contributed by atoms with Gasteiger partial charge in [0.05, 0.1) is 21.4 Å². The summed E-state index contributed by atoms with van der Waals surface area (Å²) in [6.45, 7) is 0. The number of benzene rings is 2. The van der Waals surface area contributed by atoms with Gasteiger partial charge in [-0.3, -0.25) is 29.3 Å². The van der Waals surface area contributed by atoms with Crippen LogP contribution >= 0.6 is 11.6 Å². The van der Waals surface area contributed by atoms with Gasteiger partial charge in [-0.25, -0.2) is 4.39 Å². The molecule has 0 bridgehead atoms. The highest BCUT2D eigenvalue weighted by molar-refractivity contribution is 7.86. The molecule has 0 amide bonds. The van der Waals surface area contributed by atoms with Crippen molar-refractivity contribution in [2.45, 2.75) is 24.7 Å².